The van der Waals surface area contributed by atoms with Gasteiger partial charge in [0.1, 0.15) is 17.1 Å². The number of thiazole rings is 2. The highest BCUT2D eigenvalue weighted by Gasteiger charge is 2.24. The van der Waals surface area contributed by atoms with E-state index >= 15 is 0 Å². The van der Waals surface area contributed by atoms with Crippen molar-refractivity contribution in [3.8, 4) is 33.2 Å². The normalized spacial score (nSPS) is 10.9. The summed E-state index contributed by atoms with van der Waals surface area (Å²) in [5, 5.41) is 12.3. The summed E-state index contributed by atoms with van der Waals surface area (Å²) in [6.45, 7) is 0.0857. The van der Waals surface area contributed by atoms with Gasteiger partial charge < -0.3 is 4.98 Å². The monoisotopic (exact) mass is 685 g/mol. The summed E-state index contributed by atoms with van der Waals surface area (Å²) in [5.74, 6) is -1.10. The average Bonchev–Trinajstić information content (AvgIpc) is 3.78. The number of nitrogens with one attached hydrogen (secondary N) is 3. The van der Waals surface area contributed by atoms with E-state index in [-0.39, 0.29) is 34.1 Å². The van der Waals surface area contributed by atoms with Gasteiger partial charge in [0.2, 0.25) is 5.56 Å². The smallest absolute Gasteiger partial charge is 0.277 e. The Hall–Kier alpha value is -6.45. The van der Waals surface area contributed by atoms with Gasteiger partial charge in [0.05, 0.1) is 33.9 Å². The SMILES string of the molecule is O=C(Nc1nc(-c2ccccn2)c(-c2cc(C(=O)Nc3nc(-c4ccccn4)cs3)nn(Cc3ccccc3)c2=O)s1)c1ccc(=O)[nH]c1. The molecular weight excluding hydrogens is 663 g/mol. The van der Waals surface area contributed by atoms with Gasteiger partial charge in [-0.25, -0.2) is 14.6 Å². The number of hydrogen-bond donors (Lipinski definition) is 3. The van der Waals surface area contributed by atoms with Crippen molar-refractivity contribution in [2.75, 3.05) is 10.6 Å². The number of H-pyrrole nitrogens is 1. The molecule has 2 amide bonds. The van der Waals surface area contributed by atoms with Crippen LogP contribution in [0.1, 0.15) is 26.4 Å². The van der Waals surface area contributed by atoms with Gasteiger partial charge in [0, 0.05) is 30.0 Å². The number of amides is 2. The molecule has 0 radical (unpaired) electrons. The van der Waals surface area contributed by atoms with Crippen LogP contribution in [0.15, 0.2) is 118 Å². The second-order valence-corrected chi connectivity index (χ2v) is 12.3. The molecule has 240 valence electrons. The maximum atomic E-state index is 14.1. The summed E-state index contributed by atoms with van der Waals surface area (Å²) in [5.41, 5.74) is 2.29. The molecule has 7 rings (SSSR count). The van der Waals surface area contributed by atoms with Crippen molar-refractivity contribution in [3.05, 3.63) is 146 Å². The molecule has 7 aromatic rings. The first-order valence-corrected chi connectivity index (χ1v) is 16.4. The Morgan fingerprint density at radius 2 is 1.51 bits per heavy atom. The Morgan fingerprint density at radius 3 is 2.22 bits per heavy atom. The minimum absolute atomic E-state index is 0.0423. The van der Waals surface area contributed by atoms with Crippen LogP contribution in [-0.2, 0) is 6.54 Å². The van der Waals surface area contributed by atoms with Crippen molar-refractivity contribution in [2.24, 2.45) is 0 Å². The molecule has 13 nitrogen and oxygen atoms in total. The van der Waals surface area contributed by atoms with E-state index in [1.54, 1.807) is 42.0 Å². The molecule has 49 heavy (non-hydrogen) atoms. The van der Waals surface area contributed by atoms with E-state index in [0.29, 0.717) is 32.8 Å². The number of aromatic nitrogens is 7. The zero-order chi connectivity index (χ0) is 33.7. The molecule has 0 unspecified atom stereocenters. The van der Waals surface area contributed by atoms with Gasteiger partial charge in [-0.1, -0.05) is 53.8 Å². The lowest BCUT2D eigenvalue weighted by molar-refractivity contribution is 0.101. The van der Waals surface area contributed by atoms with E-state index in [1.165, 1.54) is 40.4 Å². The van der Waals surface area contributed by atoms with E-state index in [4.69, 9.17) is 0 Å². The number of aromatic amines is 1. The second-order valence-electron chi connectivity index (χ2n) is 10.4. The van der Waals surface area contributed by atoms with E-state index in [2.05, 4.69) is 40.7 Å². The Bertz CT molecular complexity index is 2390. The number of pyridine rings is 3. The van der Waals surface area contributed by atoms with Gasteiger partial charge >= 0.3 is 0 Å². The van der Waals surface area contributed by atoms with E-state index in [0.717, 1.165) is 16.9 Å². The lowest BCUT2D eigenvalue weighted by atomic mass is 10.1. The van der Waals surface area contributed by atoms with Crippen LogP contribution in [0.5, 0.6) is 0 Å². The summed E-state index contributed by atoms with van der Waals surface area (Å²) in [7, 11) is 0. The Morgan fingerprint density at radius 1 is 0.776 bits per heavy atom. The highest BCUT2D eigenvalue weighted by molar-refractivity contribution is 7.19. The van der Waals surface area contributed by atoms with Gasteiger partial charge in [-0.15, -0.1) is 11.3 Å². The fourth-order valence-corrected chi connectivity index (χ4v) is 6.43. The van der Waals surface area contributed by atoms with Crippen LogP contribution in [0.4, 0.5) is 10.3 Å². The fourth-order valence-electron chi connectivity index (χ4n) is 4.76. The molecule has 0 fully saturated rings. The van der Waals surface area contributed by atoms with Gasteiger partial charge in [-0.2, -0.15) is 5.10 Å². The summed E-state index contributed by atoms with van der Waals surface area (Å²) in [6, 6.07) is 24.0. The third kappa shape index (κ3) is 6.97. The van der Waals surface area contributed by atoms with Crippen LogP contribution in [0.25, 0.3) is 33.2 Å². The third-order valence-electron chi connectivity index (χ3n) is 7.08. The highest BCUT2D eigenvalue weighted by atomic mass is 32.1. The lowest BCUT2D eigenvalue weighted by Crippen LogP contribution is -2.28. The van der Waals surface area contributed by atoms with Gasteiger partial charge in [0.15, 0.2) is 10.3 Å². The molecule has 0 aliphatic carbocycles. The lowest BCUT2D eigenvalue weighted by Gasteiger charge is -2.11. The second kappa shape index (κ2) is 13.7. The van der Waals surface area contributed by atoms with Crippen molar-refractivity contribution >= 4 is 44.8 Å². The largest absolute Gasteiger partial charge is 0.328 e. The molecule has 0 aliphatic heterocycles. The molecule has 6 heterocycles. The Balaban J connectivity index is 1.30. The highest BCUT2D eigenvalue weighted by Crippen LogP contribution is 2.37. The number of rotatable bonds is 9. The van der Waals surface area contributed by atoms with Crippen molar-refractivity contribution < 1.29 is 9.59 Å². The molecule has 1 aromatic carbocycles. The zero-order valence-electron chi connectivity index (χ0n) is 25.2. The molecule has 0 saturated carbocycles. The average molecular weight is 686 g/mol. The molecule has 0 aliphatic rings. The Labute approximate surface area is 285 Å². The van der Waals surface area contributed by atoms with Crippen molar-refractivity contribution in [1.29, 1.82) is 0 Å². The standard InChI is InChI=1S/C34H23N9O4S2/c44-27-13-12-21(17-37-27)30(45)40-34-39-28(24-11-5-7-15-36-24)29(49-34)22-16-25(42-43(32(22)47)18-20-8-2-1-3-9-20)31(46)41-33-38-26(19-48-33)23-10-4-6-14-35-23/h1-17,19H,18H2,(H,37,44)(H,38,41,46)(H,39,40,45). The van der Waals surface area contributed by atoms with Gasteiger partial charge in [-0.05, 0) is 42.0 Å². The minimum Gasteiger partial charge on any atom is -0.328 e. The van der Waals surface area contributed by atoms with E-state index in [1.807, 2.05) is 42.5 Å². The van der Waals surface area contributed by atoms with Crippen molar-refractivity contribution in [1.82, 2.24) is 34.7 Å². The third-order valence-corrected chi connectivity index (χ3v) is 8.84. The van der Waals surface area contributed by atoms with E-state index < -0.39 is 17.4 Å². The summed E-state index contributed by atoms with van der Waals surface area (Å²) in [4.78, 5) is 73.1. The topological polar surface area (TPSA) is 178 Å². The van der Waals surface area contributed by atoms with Crippen LogP contribution < -0.4 is 21.8 Å². The Kier molecular flexibility index (Phi) is 8.73. The number of nitrogens with zero attached hydrogens (tertiary/aromatic N) is 6. The number of carbonyl (C=O) groups is 2. The van der Waals surface area contributed by atoms with Crippen LogP contribution >= 0.6 is 22.7 Å². The van der Waals surface area contributed by atoms with Crippen LogP contribution in [0, 0.1) is 0 Å². The van der Waals surface area contributed by atoms with Crippen LogP contribution in [0.2, 0.25) is 0 Å². The zero-order valence-corrected chi connectivity index (χ0v) is 26.9. The predicted octanol–water partition coefficient (Wildman–Crippen LogP) is 5.19. The first-order valence-electron chi connectivity index (χ1n) is 14.7. The molecule has 0 atom stereocenters. The molecule has 0 saturated heterocycles. The van der Waals surface area contributed by atoms with Crippen LogP contribution in [0.3, 0.4) is 0 Å². The predicted molar refractivity (Wildman–Crippen MR) is 187 cm³/mol. The summed E-state index contributed by atoms with van der Waals surface area (Å²) in [6.07, 6.45) is 4.54. The van der Waals surface area contributed by atoms with Gasteiger partial charge in [-0.3, -0.25) is 39.8 Å². The summed E-state index contributed by atoms with van der Waals surface area (Å²) < 4.78 is 1.22. The first kappa shape index (κ1) is 31.2. The maximum Gasteiger partial charge on any atom is 0.277 e. The minimum atomic E-state index is -0.583. The first-order chi connectivity index (χ1) is 23.9. The molecule has 15 heteroatoms. The molecular formula is C34H23N9O4S2. The summed E-state index contributed by atoms with van der Waals surface area (Å²) >= 11 is 2.27. The number of carbonyl (C=O) groups excluding carboxylic acids is 2. The molecule has 3 N–H and O–H groups in total. The number of anilines is 2. The van der Waals surface area contributed by atoms with Gasteiger partial charge in [0.25, 0.3) is 17.4 Å². The number of hydrogen-bond acceptors (Lipinski definition) is 11. The van der Waals surface area contributed by atoms with E-state index in [9.17, 15) is 19.2 Å². The number of benzene rings is 1. The fraction of sp³-hybridized carbons (Fsp3) is 0.0294. The molecule has 0 bridgehead atoms. The van der Waals surface area contributed by atoms with Crippen molar-refractivity contribution in [3.63, 3.8) is 0 Å². The van der Waals surface area contributed by atoms with Crippen LogP contribution in [-0.4, -0.2) is 46.5 Å². The molecule has 6 aromatic heterocycles. The van der Waals surface area contributed by atoms with Crippen molar-refractivity contribution in [2.45, 2.75) is 6.54 Å². The quantitative estimate of drug-likeness (QED) is 0.185. The molecule has 0 spiro atoms. The maximum absolute atomic E-state index is 14.1.